The summed E-state index contributed by atoms with van der Waals surface area (Å²) in [6, 6.07) is 3.94. The lowest BCUT2D eigenvalue weighted by atomic mass is 9.91. The third-order valence-electron chi connectivity index (χ3n) is 8.16. The van der Waals surface area contributed by atoms with Crippen LogP contribution in [0.3, 0.4) is 0 Å². The SMILES string of the molecule is Cc1cc2nccnc2cc1Nc1ncc2c(n1)N(C13CCC(O)(CC1)C3)C(=O)C21CC1. The average Bonchev–Trinajstić information content (AvgIpc) is 3.35. The summed E-state index contributed by atoms with van der Waals surface area (Å²) in [7, 11) is 0. The molecule has 3 fully saturated rings. The van der Waals surface area contributed by atoms with E-state index >= 15 is 0 Å². The van der Waals surface area contributed by atoms with Gasteiger partial charge in [0.2, 0.25) is 11.9 Å². The van der Waals surface area contributed by atoms with Crippen molar-refractivity contribution in [1.29, 1.82) is 0 Å². The maximum atomic E-state index is 13.6. The average molecular weight is 428 g/mol. The predicted octanol–water partition coefficient (Wildman–Crippen LogP) is 3.30. The molecule has 1 spiro atoms. The minimum Gasteiger partial charge on any atom is -0.390 e. The molecule has 4 aliphatic rings. The highest BCUT2D eigenvalue weighted by Gasteiger charge is 2.67. The first kappa shape index (κ1) is 18.4. The number of nitrogens with zero attached hydrogens (tertiary/aromatic N) is 5. The zero-order chi connectivity index (χ0) is 21.7. The van der Waals surface area contributed by atoms with Crippen LogP contribution in [0.1, 0.15) is 56.1 Å². The van der Waals surface area contributed by atoms with Crippen LogP contribution in [0, 0.1) is 6.92 Å². The highest BCUT2D eigenvalue weighted by atomic mass is 16.3. The van der Waals surface area contributed by atoms with Gasteiger partial charge in [-0.15, -0.1) is 0 Å². The number of carbonyl (C=O) groups excluding carboxylic acids is 1. The highest BCUT2D eigenvalue weighted by Crippen LogP contribution is 2.63. The van der Waals surface area contributed by atoms with E-state index in [9.17, 15) is 9.90 Å². The van der Waals surface area contributed by atoms with E-state index < -0.39 is 11.0 Å². The Balaban J connectivity index is 1.30. The number of hydrogen-bond donors (Lipinski definition) is 2. The van der Waals surface area contributed by atoms with Gasteiger partial charge in [0, 0.05) is 29.8 Å². The first-order chi connectivity index (χ1) is 15.4. The zero-order valence-electron chi connectivity index (χ0n) is 17.9. The summed E-state index contributed by atoms with van der Waals surface area (Å²) < 4.78 is 0. The van der Waals surface area contributed by atoms with Crippen molar-refractivity contribution >= 4 is 34.4 Å². The molecule has 162 valence electrons. The number of hydrogen-bond acceptors (Lipinski definition) is 7. The fraction of sp³-hybridized carbons (Fsp3) is 0.458. The molecule has 1 amide bonds. The molecule has 2 aromatic heterocycles. The molecule has 7 rings (SSSR count). The normalized spacial score (nSPS) is 29.2. The van der Waals surface area contributed by atoms with Gasteiger partial charge in [-0.1, -0.05) is 0 Å². The van der Waals surface area contributed by atoms with E-state index in [1.807, 2.05) is 30.2 Å². The fourth-order valence-electron chi connectivity index (χ4n) is 6.23. The van der Waals surface area contributed by atoms with Gasteiger partial charge in [0.25, 0.3) is 0 Å². The van der Waals surface area contributed by atoms with Crippen molar-refractivity contribution in [2.45, 2.75) is 68.4 Å². The molecule has 3 aliphatic carbocycles. The Morgan fingerprint density at radius 1 is 1.00 bits per heavy atom. The predicted molar refractivity (Wildman–Crippen MR) is 119 cm³/mol. The largest absolute Gasteiger partial charge is 0.390 e. The van der Waals surface area contributed by atoms with Gasteiger partial charge in [0.15, 0.2) is 0 Å². The molecule has 0 radical (unpaired) electrons. The number of aromatic nitrogens is 4. The summed E-state index contributed by atoms with van der Waals surface area (Å²) in [5.41, 5.74) is 3.08. The van der Waals surface area contributed by atoms with Gasteiger partial charge in [-0.25, -0.2) is 4.98 Å². The molecule has 2 N–H and O–H groups in total. The van der Waals surface area contributed by atoms with Crippen molar-refractivity contribution in [2.24, 2.45) is 0 Å². The van der Waals surface area contributed by atoms with Crippen LogP contribution in [0.4, 0.5) is 17.5 Å². The van der Waals surface area contributed by atoms with Crippen LogP contribution >= 0.6 is 0 Å². The van der Waals surface area contributed by atoms with Crippen LogP contribution in [0.2, 0.25) is 0 Å². The summed E-state index contributed by atoms with van der Waals surface area (Å²) in [5.74, 6) is 1.35. The molecule has 2 bridgehead atoms. The number of rotatable bonds is 3. The number of fused-ring (bicyclic) bond motifs is 5. The van der Waals surface area contributed by atoms with Crippen LogP contribution in [0.25, 0.3) is 11.0 Å². The Bertz CT molecular complexity index is 1310. The number of benzene rings is 1. The molecule has 0 unspecified atom stereocenters. The molecular formula is C24H24N6O2. The van der Waals surface area contributed by atoms with E-state index in [1.54, 1.807) is 12.4 Å². The van der Waals surface area contributed by atoms with Crippen molar-refractivity contribution in [1.82, 2.24) is 19.9 Å². The van der Waals surface area contributed by atoms with Gasteiger partial charge < -0.3 is 10.4 Å². The first-order valence-electron chi connectivity index (χ1n) is 11.3. The summed E-state index contributed by atoms with van der Waals surface area (Å²) in [6.07, 6.45) is 10.7. The summed E-state index contributed by atoms with van der Waals surface area (Å²) >= 11 is 0. The highest BCUT2D eigenvalue weighted by molar-refractivity contribution is 6.10. The number of aliphatic hydroxyl groups is 1. The van der Waals surface area contributed by atoms with E-state index in [2.05, 4.69) is 20.3 Å². The third kappa shape index (κ3) is 2.33. The van der Waals surface area contributed by atoms with E-state index in [0.717, 1.165) is 72.2 Å². The molecule has 0 atom stereocenters. The van der Waals surface area contributed by atoms with Crippen molar-refractivity contribution in [3.8, 4) is 0 Å². The van der Waals surface area contributed by atoms with E-state index in [4.69, 9.17) is 4.98 Å². The molecule has 1 aromatic carbocycles. The molecule has 3 heterocycles. The van der Waals surface area contributed by atoms with Crippen molar-refractivity contribution in [3.05, 3.63) is 41.9 Å². The molecule has 1 aliphatic heterocycles. The lowest BCUT2D eigenvalue weighted by Crippen LogP contribution is -2.49. The van der Waals surface area contributed by atoms with Gasteiger partial charge in [-0.2, -0.15) is 4.98 Å². The number of aryl methyl sites for hydroxylation is 1. The Morgan fingerprint density at radius 3 is 2.38 bits per heavy atom. The van der Waals surface area contributed by atoms with Crippen LogP contribution in [0.15, 0.2) is 30.7 Å². The molecule has 3 aromatic rings. The second kappa shape index (κ2) is 5.81. The third-order valence-corrected chi connectivity index (χ3v) is 8.16. The van der Waals surface area contributed by atoms with Crippen molar-refractivity contribution < 1.29 is 9.90 Å². The Kier molecular flexibility index (Phi) is 3.35. The number of carbonyl (C=O) groups is 1. The monoisotopic (exact) mass is 428 g/mol. The van der Waals surface area contributed by atoms with Crippen molar-refractivity contribution in [2.75, 3.05) is 10.2 Å². The quantitative estimate of drug-likeness (QED) is 0.660. The topological polar surface area (TPSA) is 104 Å². The fourth-order valence-corrected chi connectivity index (χ4v) is 6.23. The summed E-state index contributed by atoms with van der Waals surface area (Å²) in [4.78, 5) is 33.8. The maximum Gasteiger partial charge on any atom is 0.239 e. The molecule has 8 nitrogen and oxygen atoms in total. The lowest BCUT2D eigenvalue weighted by Gasteiger charge is -2.37. The maximum absolute atomic E-state index is 13.6. The minimum absolute atomic E-state index is 0.155. The van der Waals surface area contributed by atoms with E-state index in [1.165, 1.54) is 0 Å². The lowest BCUT2D eigenvalue weighted by molar-refractivity contribution is -0.121. The van der Waals surface area contributed by atoms with Gasteiger partial charge in [0.05, 0.1) is 27.6 Å². The Labute approximate surface area is 185 Å². The molecular weight excluding hydrogens is 404 g/mol. The minimum atomic E-state index is -0.628. The Morgan fingerprint density at radius 2 is 1.72 bits per heavy atom. The van der Waals surface area contributed by atoms with Crippen LogP contribution in [-0.2, 0) is 10.2 Å². The molecule has 8 heteroatoms. The van der Waals surface area contributed by atoms with Gasteiger partial charge in [-0.05, 0) is 69.6 Å². The van der Waals surface area contributed by atoms with Gasteiger partial charge >= 0.3 is 0 Å². The van der Waals surface area contributed by atoms with Crippen LogP contribution in [0.5, 0.6) is 0 Å². The number of amides is 1. The smallest absolute Gasteiger partial charge is 0.239 e. The van der Waals surface area contributed by atoms with E-state index in [-0.39, 0.29) is 11.4 Å². The second-order valence-electron chi connectivity index (χ2n) is 10.1. The number of nitrogens with one attached hydrogen (secondary N) is 1. The second-order valence-corrected chi connectivity index (χ2v) is 10.1. The zero-order valence-corrected chi connectivity index (χ0v) is 17.9. The standard InChI is InChI=1S/C24H24N6O2/c1-14-10-17-18(26-9-8-25-17)11-16(14)28-21-27-12-15-19(29-21)30(20(31)24(15)6-7-24)22-2-4-23(32,13-22)5-3-22/h8-12,32H,2-7,13H2,1H3,(H,27,28,29). The molecule has 32 heavy (non-hydrogen) atoms. The summed E-state index contributed by atoms with van der Waals surface area (Å²) in [5, 5.41) is 14.2. The van der Waals surface area contributed by atoms with E-state index in [0.29, 0.717) is 12.4 Å². The Hall–Kier alpha value is -3.13. The van der Waals surface area contributed by atoms with Gasteiger partial charge in [-0.3, -0.25) is 19.7 Å². The van der Waals surface area contributed by atoms with Crippen LogP contribution in [-0.4, -0.2) is 42.1 Å². The number of anilines is 3. The molecule has 3 saturated carbocycles. The molecule has 0 saturated heterocycles. The van der Waals surface area contributed by atoms with Crippen molar-refractivity contribution in [3.63, 3.8) is 0 Å². The van der Waals surface area contributed by atoms with Crippen LogP contribution < -0.4 is 10.2 Å². The summed E-state index contributed by atoms with van der Waals surface area (Å²) in [6.45, 7) is 2.01. The van der Waals surface area contributed by atoms with Gasteiger partial charge in [0.1, 0.15) is 5.82 Å². The first-order valence-corrected chi connectivity index (χ1v) is 11.3.